The number of hydrogen-bond donors (Lipinski definition) is 5. The van der Waals surface area contributed by atoms with Gasteiger partial charge in [-0.2, -0.15) is 0 Å². The van der Waals surface area contributed by atoms with Crippen molar-refractivity contribution >= 4 is 49.6 Å². The molecule has 5 N–H and O–H groups in total. The fraction of sp³-hybridized carbons (Fsp3) is 0.0204. The maximum atomic E-state index is 10.6. The average Bonchev–Trinajstić information content (AvgIpc) is 3.41. The molecule has 55 heavy (non-hydrogen) atoms. The largest absolute Gasteiger partial charge is 0.504 e. The quantitative estimate of drug-likeness (QED) is 0.0915. The van der Waals surface area contributed by atoms with Gasteiger partial charge in [0, 0.05) is 10.8 Å². The summed E-state index contributed by atoms with van der Waals surface area (Å²) in [5.74, 6) is -4.28. The topological polar surface area (TPSA) is 114 Å². The van der Waals surface area contributed by atoms with Crippen molar-refractivity contribution in [3.63, 3.8) is 0 Å². The van der Waals surface area contributed by atoms with Gasteiger partial charge in [0.15, 0.2) is 11.5 Å². The molecule has 6 heteroatoms. The molecule has 1 heterocycles. The molecular formula is C49H32O6. The minimum atomic E-state index is -0.990. The van der Waals surface area contributed by atoms with E-state index in [1.165, 1.54) is 5.56 Å². The molecule has 0 amide bonds. The second-order valence-corrected chi connectivity index (χ2v) is 13.9. The summed E-state index contributed by atoms with van der Waals surface area (Å²) >= 11 is 0. The molecule has 0 saturated heterocycles. The van der Waals surface area contributed by atoms with Crippen molar-refractivity contribution in [2.24, 2.45) is 0 Å². The van der Waals surface area contributed by atoms with E-state index in [-0.39, 0.29) is 5.56 Å². The molecule has 8 aromatic carbocycles. The first kappa shape index (κ1) is 32.2. The number of phenolic OH excluding ortho intramolecular Hbond substituents is 5. The van der Waals surface area contributed by atoms with Crippen molar-refractivity contribution in [3.05, 3.63) is 157 Å². The van der Waals surface area contributed by atoms with Gasteiger partial charge in [0.05, 0.1) is 5.56 Å². The summed E-state index contributed by atoms with van der Waals surface area (Å²) in [5.41, 5.74) is 10.5. The predicted octanol–water partition coefficient (Wildman–Crippen LogP) is 12.2. The zero-order valence-electron chi connectivity index (χ0n) is 29.3. The highest BCUT2D eigenvalue weighted by atomic mass is 16.4. The van der Waals surface area contributed by atoms with Gasteiger partial charge in [0.1, 0.15) is 11.2 Å². The molecule has 10 rings (SSSR count). The van der Waals surface area contributed by atoms with Crippen LogP contribution in [0.3, 0.4) is 0 Å². The molecule has 0 unspecified atom stereocenters. The van der Waals surface area contributed by atoms with Crippen LogP contribution in [0.5, 0.6) is 28.7 Å². The first-order chi connectivity index (χ1) is 26.9. The van der Waals surface area contributed by atoms with Crippen molar-refractivity contribution in [1.29, 1.82) is 0 Å². The fourth-order valence-corrected chi connectivity index (χ4v) is 8.29. The summed E-state index contributed by atoms with van der Waals surface area (Å²) in [6.07, 6.45) is 9.16. The van der Waals surface area contributed by atoms with E-state index in [4.69, 9.17) is 4.42 Å². The van der Waals surface area contributed by atoms with Crippen LogP contribution in [0, 0.1) is 0 Å². The van der Waals surface area contributed by atoms with E-state index in [1.54, 1.807) is 12.1 Å². The van der Waals surface area contributed by atoms with Crippen LogP contribution in [0.25, 0.3) is 94.1 Å². The van der Waals surface area contributed by atoms with Crippen molar-refractivity contribution in [3.8, 4) is 73.3 Å². The molecule has 1 aromatic heterocycles. The molecule has 1 aliphatic rings. The molecule has 0 saturated carbocycles. The van der Waals surface area contributed by atoms with Crippen molar-refractivity contribution in [2.45, 2.75) is 6.42 Å². The summed E-state index contributed by atoms with van der Waals surface area (Å²) in [7, 11) is 0. The van der Waals surface area contributed by atoms with Gasteiger partial charge in [-0.15, -0.1) is 0 Å². The van der Waals surface area contributed by atoms with Crippen LogP contribution in [-0.4, -0.2) is 25.5 Å². The van der Waals surface area contributed by atoms with E-state index in [1.807, 2.05) is 30.3 Å². The Morgan fingerprint density at radius 3 is 1.84 bits per heavy atom. The molecule has 264 valence electrons. The van der Waals surface area contributed by atoms with Crippen LogP contribution in [0.4, 0.5) is 0 Å². The van der Waals surface area contributed by atoms with Gasteiger partial charge in [-0.1, -0.05) is 127 Å². The molecule has 0 atom stereocenters. The van der Waals surface area contributed by atoms with Crippen LogP contribution in [0.15, 0.2) is 150 Å². The standard InChI is InChI=1S/C49H32O6/c50-45-42(46(51)48(53)49(54)47(45)52)29-20-18-28(19-21-29)41-33-12-5-2-6-13-35(33)43(36-15-8-7-14-34(36)41)37-16-9-17-39-44(37)38-25-31-23-22-30(27-10-3-1-4-11-27)24-32(31)26-40(38)55-39/h1-11,13-26,50-54H,12H2. The predicted molar refractivity (Wildman–Crippen MR) is 221 cm³/mol. The van der Waals surface area contributed by atoms with Crippen LogP contribution < -0.4 is 0 Å². The average molecular weight is 717 g/mol. The highest BCUT2D eigenvalue weighted by molar-refractivity contribution is 6.20. The van der Waals surface area contributed by atoms with Gasteiger partial charge in [-0.05, 0) is 102 Å². The van der Waals surface area contributed by atoms with E-state index in [0.717, 1.165) is 82.4 Å². The van der Waals surface area contributed by atoms with Crippen molar-refractivity contribution in [2.75, 3.05) is 0 Å². The Hall–Kier alpha value is -7.44. The number of fused-ring (bicyclic) bond motifs is 6. The minimum absolute atomic E-state index is 0.186. The first-order valence-corrected chi connectivity index (χ1v) is 18.0. The Balaban J connectivity index is 1.19. The van der Waals surface area contributed by atoms with E-state index in [9.17, 15) is 25.5 Å². The monoisotopic (exact) mass is 716 g/mol. The lowest BCUT2D eigenvalue weighted by Gasteiger charge is -2.21. The first-order valence-electron chi connectivity index (χ1n) is 18.0. The lowest BCUT2D eigenvalue weighted by Crippen LogP contribution is -1.99. The smallest absolute Gasteiger partial charge is 0.208 e. The minimum Gasteiger partial charge on any atom is -0.504 e. The van der Waals surface area contributed by atoms with Crippen LogP contribution >= 0.6 is 0 Å². The Morgan fingerprint density at radius 2 is 1.09 bits per heavy atom. The summed E-state index contributed by atoms with van der Waals surface area (Å²) in [6.45, 7) is 0. The third-order valence-electron chi connectivity index (χ3n) is 10.9. The van der Waals surface area contributed by atoms with Crippen molar-refractivity contribution in [1.82, 2.24) is 0 Å². The van der Waals surface area contributed by atoms with Crippen LogP contribution in [0.2, 0.25) is 0 Å². The fourth-order valence-electron chi connectivity index (χ4n) is 8.29. The lowest BCUT2D eigenvalue weighted by molar-refractivity contribution is 0.330. The molecule has 1 aliphatic carbocycles. The molecule has 0 radical (unpaired) electrons. The lowest BCUT2D eigenvalue weighted by atomic mass is 9.81. The van der Waals surface area contributed by atoms with Gasteiger partial charge in [-0.25, -0.2) is 0 Å². The normalized spacial score (nSPS) is 12.5. The molecule has 6 nitrogen and oxygen atoms in total. The second kappa shape index (κ2) is 12.3. The summed E-state index contributed by atoms with van der Waals surface area (Å²) < 4.78 is 6.62. The highest BCUT2D eigenvalue weighted by Crippen LogP contribution is 2.55. The SMILES string of the molecule is Oc1c(O)c(O)c(-c2ccc(-c3c4c(c(-c5cccc6oc7cc8cc(-c9ccccc9)ccc8cc7c56)c5ccccc35)C=CC=CC4)cc2)c(O)c1O. The van der Waals surface area contributed by atoms with Gasteiger partial charge in [0.25, 0.3) is 0 Å². The van der Waals surface area contributed by atoms with Crippen LogP contribution in [0.1, 0.15) is 11.1 Å². The highest BCUT2D eigenvalue weighted by Gasteiger charge is 2.26. The van der Waals surface area contributed by atoms with Gasteiger partial charge >= 0.3 is 0 Å². The molecule has 9 aromatic rings. The summed E-state index contributed by atoms with van der Waals surface area (Å²) in [5, 5.41) is 58.1. The van der Waals surface area contributed by atoms with E-state index < -0.39 is 28.7 Å². The molecule has 0 fully saturated rings. The number of phenols is 5. The van der Waals surface area contributed by atoms with E-state index >= 15 is 0 Å². The number of furan rings is 1. The molecular weight excluding hydrogens is 685 g/mol. The number of hydrogen-bond acceptors (Lipinski definition) is 6. The summed E-state index contributed by atoms with van der Waals surface area (Å²) in [4.78, 5) is 0. The number of allylic oxidation sites excluding steroid dienone is 3. The molecule has 0 spiro atoms. The number of benzene rings is 8. The van der Waals surface area contributed by atoms with Gasteiger partial charge < -0.3 is 29.9 Å². The van der Waals surface area contributed by atoms with Crippen molar-refractivity contribution < 1.29 is 29.9 Å². The maximum Gasteiger partial charge on any atom is 0.208 e. The third kappa shape index (κ3) is 4.96. The zero-order valence-corrected chi connectivity index (χ0v) is 29.3. The third-order valence-corrected chi connectivity index (χ3v) is 10.9. The molecule has 0 bridgehead atoms. The van der Waals surface area contributed by atoms with E-state index in [0.29, 0.717) is 12.0 Å². The summed E-state index contributed by atoms with van der Waals surface area (Å²) in [6, 6.07) is 43.3. The van der Waals surface area contributed by atoms with Gasteiger partial charge in [-0.3, -0.25) is 0 Å². The van der Waals surface area contributed by atoms with E-state index in [2.05, 4.69) is 109 Å². The Bertz CT molecular complexity index is 3070. The molecule has 0 aliphatic heterocycles. The number of rotatable bonds is 4. The zero-order chi connectivity index (χ0) is 37.4. The Kier molecular flexibility index (Phi) is 7.22. The van der Waals surface area contributed by atoms with Crippen LogP contribution in [-0.2, 0) is 6.42 Å². The maximum absolute atomic E-state index is 10.6. The van der Waals surface area contributed by atoms with Gasteiger partial charge in [0.2, 0.25) is 17.2 Å². The number of aromatic hydroxyl groups is 5. The Morgan fingerprint density at radius 1 is 0.436 bits per heavy atom. The Labute approximate surface area is 315 Å². The second-order valence-electron chi connectivity index (χ2n) is 13.9.